The number of rotatable bonds is 8. The fraction of sp³-hybridized carbons (Fsp3) is 0.316. The fourth-order valence-corrected chi connectivity index (χ4v) is 2.99. The van der Waals surface area contributed by atoms with Gasteiger partial charge in [0.15, 0.2) is 0 Å². The van der Waals surface area contributed by atoms with E-state index in [2.05, 4.69) is 0 Å². The van der Waals surface area contributed by atoms with Gasteiger partial charge in [-0.1, -0.05) is 12.1 Å². The van der Waals surface area contributed by atoms with Gasteiger partial charge in [-0.25, -0.2) is 0 Å². The first kappa shape index (κ1) is 18.2. The molecule has 128 valence electrons. The van der Waals surface area contributed by atoms with Crippen molar-refractivity contribution < 1.29 is 14.3 Å². The summed E-state index contributed by atoms with van der Waals surface area (Å²) in [6, 6.07) is 15.6. The number of thioether (sulfide) groups is 1. The third-order valence-electron chi connectivity index (χ3n) is 3.50. The van der Waals surface area contributed by atoms with E-state index >= 15 is 0 Å². The van der Waals surface area contributed by atoms with E-state index in [1.165, 1.54) is 11.8 Å². The maximum atomic E-state index is 12.3. The molecule has 0 aliphatic rings. The molecule has 0 atom stereocenters. The number of methoxy groups -OCH3 is 1. The first-order chi connectivity index (χ1) is 11.6. The van der Waals surface area contributed by atoms with Crippen molar-refractivity contribution in [1.29, 1.82) is 0 Å². The van der Waals surface area contributed by atoms with Gasteiger partial charge in [0.1, 0.15) is 11.5 Å². The van der Waals surface area contributed by atoms with Crippen molar-refractivity contribution in [1.82, 2.24) is 4.90 Å². The molecule has 0 bridgehead atoms. The second-order valence-corrected chi connectivity index (χ2v) is 6.34. The molecule has 0 saturated carbocycles. The number of nitrogens with zero attached hydrogens (tertiary/aromatic N) is 1. The maximum absolute atomic E-state index is 12.3. The van der Waals surface area contributed by atoms with Crippen LogP contribution >= 0.6 is 11.8 Å². The molecule has 0 unspecified atom stereocenters. The molecule has 0 aromatic heterocycles. The summed E-state index contributed by atoms with van der Waals surface area (Å²) < 4.78 is 10.6. The van der Waals surface area contributed by atoms with Crippen LogP contribution in [0.15, 0.2) is 53.4 Å². The van der Waals surface area contributed by atoms with Gasteiger partial charge in [0.05, 0.1) is 19.5 Å². The van der Waals surface area contributed by atoms with E-state index in [9.17, 15) is 4.79 Å². The number of hydrogen-bond donors (Lipinski definition) is 0. The molecular weight excluding hydrogens is 322 g/mol. The number of benzene rings is 2. The summed E-state index contributed by atoms with van der Waals surface area (Å²) in [5.74, 6) is 2.19. The maximum Gasteiger partial charge on any atom is 0.232 e. The molecule has 0 fully saturated rings. The predicted molar refractivity (Wildman–Crippen MR) is 97.8 cm³/mol. The van der Waals surface area contributed by atoms with Gasteiger partial charge < -0.3 is 14.4 Å². The van der Waals surface area contributed by atoms with Gasteiger partial charge in [0.25, 0.3) is 0 Å². The second kappa shape index (κ2) is 9.23. The summed E-state index contributed by atoms with van der Waals surface area (Å²) in [5, 5.41) is 0. The average Bonchev–Trinajstić information content (AvgIpc) is 2.61. The standard InChI is InChI=1S/C19H23NO3S/c1-4-23-17-9-11-18(12-10-17)24-14-19(21)20(2)13-15-5-7-16(22-3)8-6-15/h5-12H,4,13-14H2,1-3H3. The van der Waals surface area contributed by atoms with Crippen LogP contribution in [0.1, 0.15) is 12.5 Å². The van der Waals surface area contributed by atoms with Gasteiger partial charge >= 0.3 is 0 Å². The molecule has 4 nitrogen and oxygen atoms in total. The SMILES string of the molecule is CCOc1ccc(SCC(=O)N(C)Cc2ccc(OC)cc2)cc1. The molecule has 24 heavy (non-hydrogen) atoms. The van der Waals surface area contributed by atoms with Gasteiger partial charge in [-0.3, -0.25) is 4.79 Å². The van der Waals surface area contributed by atoms with E-state index in [4.69, 9.17) is 9.47 Å². The zero-order valence-corrected chi connectivity index (χ0v) is 15.1. The topological polar surface area (TPSA) is 38.8 Å². The molecule has 0 N–H and O–H groups in total. The minimum Gasteiger partial charge on any atom is -0.497 e. The smallest absolute Gasteiger partial charge is 0.232 e. The Balaban J connectivity index is 1.82. The van der Waals surface area contributed by atoms with Crippen LogP contribution < -0.4 is 9.47 Å². The second-order valence-electron chi connectivity index (χ2n) is 5.29. The minimum absolute atomic E-state index is 0.102. The Bertz CT molecular complexity index is 641. The molecule has 0 aliphatic heterocycles. The van der Waals surface area contributed by atoms with E-state index in [0.717, 1.165) is 22.0 Å². The van der Waals surface area contributed by atoms with Crippen LogP contribution in [0.3, 0.4) is 0 Å². The van der Waals surface area contributed by atoms with E-state index in [1.807, 2.05) is 62.5 Å². The highest BCUT2D eigenvalue weighted by Gasteiger charge is 2.10. The van der Waals surface area contributed by atoms with Gasteiger partial charge in [-0.2, -0.15) is 0 Å². The van der Waals surface area contributed by atoms with Gasteiger partial charge in [0.2, 0.25) is 5.91 Å². The molecule has 0 spiro atoms. The summed E-state index contributed by atoms with van der Waals surface area (Å²) >= 11 is 1.53. The van der Waals surface area contributed by atoms with E-state index in [1.54, 1.807) is 12.0 Å². The monoisotopic (exact) mass is 345 g/mol. The first-order valence-corrected chi connectivity index (χ1v) is 8.83. The van der Waals surface area contributed by atoms with Crippen molar-refractivity contribution in [3.8, 4) is 11.5 Å². The summed E-state index contributed by atoms with van der Waals surface area (Å²) in [7, 11) is 3.47. The van der Waals surface area contributed by atoms with Crippen molar-refractivity contribution in [3.05, 3.63) is 54.1 Å². The third kappa shape index (κ3) is 5.49. The Morgan fingerprint density at radius 1 is 1.04 bits per heavy atom. The summed E-state index contributed by atoms with van der Waals surface area (Å²) in [6.07, 6.45) is 0. The molecule has 2 aromatic carbocycles. The summed E-state index contributed by atoms with van der Waals surface area (Å²) in [4.78, 5) is 15.1. The lowest BCUT2D eigenvalue weighted by Gasteiger charge is -2.17. The van der Waals surface area contributed by atoms with Crippen molar-refractivity contribution >= 4 is 17.7 Å². The van der Waals surface area contributed by atoms with Gasteiger partial charge in [-0.05, 0) is 48.9 Å². The molecule has 1 amide bonds. The summed E-state index contributed by atoms with van der Waals surface area (Å²) in [5.41, 5.74) is 1.08. The molecular formula is C19H23NO3S. The van der Waals surface area contributed by atoms with Gasteiger partial charge in [-0.15, -0.1) is 11.8 Å². The van der Waals surface area contributed by atoms with E-state index in [0.29, 0.717) is 18.9 Å². The van der Waals surface area contributed by atoms with Crippen molar-refractivity contribution in [2.24, 2.45) is 0 Å². The first-order valence-electron chi connectivity index (χ1n) is 7.85. The van der Waals surface area contributed by atoms with Gasteiger partial charge in [0, 0.05) is 18.5 Å². The highest BCUT2D eigenvalue weighted by molar-refractivity contribution is 8.00. The van der Waals surface area contributed by atoms with E-state index in [-0.39, 0.29) is 5.91 Å². The largest absolute Gasteiger partial charge is 0.497 e. The number of ether oxygens (including phenoxy) is 2. The average molecular weight is 345 g/mol. The number of amides is 1. The van der Waals surface area contributed by atoms with Crippen LogP contribution in [-0.2, 0) is 11.3 Å². The molecule has 0 saturated heterocycles. The highest BCUT2D eigenvalue weighted by Crippen LogP contribution is 2.22. The lowest BCUT2D eigenvalue weighted by molar-refractivity contribution is -0.127. The van der Waals surface area contributed by atoms with Crippen molar-refractivity contribution in [2.45, 2.75) is 18.4 Å². The molecule has 5 heteroatoms. The van der Waals surface area contributed by atoms with Crippen LogP contribution in [0, 0.1) is 0 Å². The molecule has 2 aromatic rings. The van der Waals surface area contributed by atoms with Crippen molar-refractivity contribution in [3.63, 3.8) is 0 Å². The summed E-state index contributed by atoms with van der Waals surface area (Å²) in [6.45, 7) is 3.20. The predicted octanol–water partition coefficient (Wildman–Crippen LogP) is 3.84. The minimum atomic E-state index is 0.102. The number of carbonyl (C=O) groups excluding carboxylic acids is 1. The number of hydrogen-bond acceptors (Lipinski definition) is 4. The lowest BCUT2D eigenvalue weighted by atomic mass is 10.2. The molecule has 0 heterocycles. The number of carbonyl (C=O) groups is 1. The van der Waals surface area contributed by atoms with Crippen LogP contribution in [0.25, 0.3) is 0 Å². The quantitative estimate of drug-likeness (QED) is 0.681. The zero-order valence-electron chi connectivity index (χ0n) is 14.3. The molecule has 2 rings (SSSR count). The van der Waals surface area contributed by atoms with Crippen molar-refractivity contribution in [2.75, 3.05) is 26.5 Å². The Morgan fingerprint density at radius 3 is 2.25 bits per heavy atom. The lowest BCUT2D eigenvalue weighted by Crippen LogP contribution is -2.27. The van der Waals surface area contributed by atoms with E-state index < -0.39 is 0 Å². The Labute approximate surface area is 147 Å². The Hall–Kier alpha value is -2.14. The normalized spacial score (nSPS) is 10.3. The third-order valence-corrected chi connectivity index (χ3v) is 4.50. The van der Waals surface area contributed by atoms with Crippen LogP contribution in [0.5, 0.6) is 11.5 Å². The molecule has 0 aliphatic carbocycles. The van der Waals surface area contributed by atoms with Crippen LogP contribution in [-0.4, -0.2) is 37.3 Å². The molecule has 0 radical (unpaired) electrons. The zero-order chi connectivity index (χ0) is 17.4. The van der Waals surface area contributed by atoms with Crippen LogP contribution in [0.4, 0.5) is 0 Å². The Kier molecular flexibility index (Phi) is 7.00. The fourth-order valence-electron chi connectivity index (χ4n) is 2.15. The highest BCUT2D eigenvalue weighted by atomic mass is 32.2. The Morgan fingerprint density at radius 2 is 1.67 bits per heavy atom. The van der Waals surface area contributed by atoms with Crippen LogP contribution in [0.2, 0.25) is 0 Å².